The maximum absolute atomic E-state index is 12.8. The summed E-state index contributed by atoms with van der Waals surface area (Å²) in [5.74, 6) is 0.728. The van der Waals surface area contributed by atoms with E-state index in [9.17, 15) is 9.59 Å². The predicted octanol–water partition coefficient (Wildman–Crippen LogP) is 4.66. The van der Waals surface area contributed by atoms with Crippen molar-refractivity contribution in [1.82, 2.24) is 20.0 Å². The molecule has 0 N–H and O–H groups in total. The van der Waals surface area contributed by atoms with Gasteiger partial charge in [0.2, 0.25) is 0 Å². The fourth-order valence-electron chi connectivity index (χ4n) is 3.67. The van der Waals surface area contributed by atoms with Crippen molar-refractivity contribution in [2.45, 2.75) is 24.6 Å². The molecule has 0 radical (unpaired) electrons. The molecule has 4 rings (SSSR count). The third kappa shape index (κ3) is 5.94. The molecule has 2 heterocycles. The van der Waals surface area contributed by atoms with Crippen molar-refractivity contribution < 1.29 is 14.3 Å². The molecule has 0 aliphatic carbocycles. The SMILES string of the molecule is CCOC(=O)N1CCN(C(=O)c2ccc(CSc3ccc(-c4ccc(C)cc4)nn3)cc2)CC1. The lowest BCUT2D eigenvalue weighted by atomic mass is 10.1. The minimum atomic E-state index is -0.314. The summed E-state index contributed by atoms with van der Waals surface area (Å²) < 4.78 is 5.03. The zero-order valence-corrected chi connectivity index (χ0v) is 20.3. The van der Waals surface area contributed by atoms with Crippen LogP contribution < -0.4 is 0 Å². The summed E-state index contributed by atoms with van der Waals surface area (Å²) in [7, 11) is 0. The fraction of sp³-hybridized carbons (Fsp3) is 0.308. The average Bonchev–Trinajstić information content (AvgIpc) is 2.88. The highest BCUT2D eigenvalue weighted by Gasteiger charge is 2.25. The van der Waals surface area contributed by atoms with Crippen LogP contribution in [0.5, 0.6) is 0 Å². The number of rotatable bonds is 6. The highest BCUT2D eigenvalue weighted by molar-refractivity contribution is 7.98. The Morgan fingerprint density at radius 2 is 1.56 bits per heavy atom. The van der Waals surface area contributed by atoms with Crippen LogP contribution in [-0.4, -0.2) is 64.8 Å². The van der Waals surface area contributed by atoms with Crippen LogP contribution in [0.15, 0.2) is 65.7 Å². The first-order valence-corrected chi connectivity index (χ1v) is 12.4. The molecule has 0 atom stereocenters. The van der Waals surface area contributed by atoms with Crippen LogP contribution in [0.3, 0.4) is 0 Å². The first-order chi connectivity index (χ1) is 16.5. The van der Waals surface area contributed by atoms with Gasteiger partial charge in [0.1, 0.15) is 5.03 Å². The Morgan fingerprint density at radius 3 is 2.18 bits per heavy atom. The van der Waals surface area contributed by atoms with Gasteiger partial charge in [-0.15, -0.1) is 10.2 Å². The second-order valence-electron chi connectivity index (χ2n) is 8.09. The number of aromatic nitrogens is 2. The van der Waals surface area contributed by atoms with E-state index in [1.54, 1.807) is 28.5 Å². The minimum absolute atomic E-state index is 0.0136. The number of carbonyl (C=O) groups is 2. The van der Waals surface area contributed by atoms with Crippen molar-refractivity contribution in [3.8, 4) is 11.3 Å². The molecule has 34 heavy (non-hydrogen) atoms. The summed E-state index contributed by atoms with van der Waals surface area (Å²) >= 11 is 1.61. The maximum Gasteiger partial charge on any atom is 0.409 e. The van der Waals surface area contributed by atoms with Crippen LogP contribution in [0.2, 0.25) is 0 Å². The number of nitrogens with zero attached hydrogens (tertiary/aromatic N) is 4. The molecule has 0 bridgehead atoms. The van der Waals surface area contributed by atoms with E-state index in [0.29, 0.717) is 38.3 Å². The number of piperazine rings is 1. The first kappa shape index (κ1) is 23.8. The Labute approximate surface area is 204 Å². The standard InChI is InChI=1S/C26H28N4O3S/c1-3-33-26(32)30-16-14-29(15-17-30)25(31)22-10-6-20(7-11-22)18-34-24-13-12-23(27-28-24)21-8-4-19(2)5-9-21/h4-13H,3,14-18H2,1-2H3. The van der Waals surface area contributed by atoms with E-state index in [2.05, 4.69) is 41.4 Å². The van der Waals surface area contributed by atoms with Gasteiger partial charge in [-0.2, -0.15) is 0 Å². The molecular weight excluding hydrogens is 448 g/mol. The van der Waals surface area contributed by atoms with E-state index in [1.807, 2.05) is 36.4 Å². The quantitative estimate of drug-likeness (QED) is 0.482. The molecule has 1 saturated heterocycles. The lowest BCUT2D eigenvalue weighted by Crippen LogP contribution is -2.50. The second-order valence-corrected chi connectivity index (χ2v) is 9.08. The van der Waals surface area contributed by atoms with Crippen molar-refractivity contribution in [3.63, 3.8) is 0 Å². The summed E-state index contributed by atoms with van der Waals surface area (Å²) in [6.45, 7) is 6.20. The zero-order valence-electron chi connectivity index (χ0n) is 19.4. The molecule has 176 valence electrons. The van der Waals surface area contributed by atoms with Crippen molar-refractivity contribution in [1.29, 1.82) is 0 Å². The van der Waals surface area contributed by atoms with Gasteiger partial charge in [-0.3, -0.25) is 4.79 Å². The summed E-state index contributed by atoms with van der Waals surface area (Å²) in [4.78, 5) is 28.1. The Bertz CT molecular complexity index is 1110. The number of carbonyl (C=O) groups excluding carboxylic acids is 2. The van der Waals surface area contributed by atoms with Crippen molar-refractivity contribution in [3.05, 3.63) is 77.4 Å². The zero-order chi connectivity index (χ0) is 23.9. The number of hydrogen-bond donors (Lipinski definition) is 0. The topological polar surface area (TPSA) is 75.6 Å². The predicted molar refractivity (Wildman–Crippen MR) is 133 cm³/mol. The Balaban J connectivity index is 1.28. The van der Waals surface area contributed by atoms with Crippen LogP contribution in [0.25, 0.3) is 11.3 Å². The minimum Gasteiger partial charge on any atom is -0.450 e. The number of amides is 2. The van der Waals surface area contributed by atoms with E-state index in [4.69, 9.17) is 4.74 Å². The first-order valence-electron chi connectivity index (χ1n) is 11.4. The normalized spacial score (nSPS) is 13.6. The number of aryl methyl sites for hydroxylation is 1. The van der Waals surface area contributed by atoms with Gasteiger partial charge in [-0.1, -0.05) is 53.7 Å². The molecule has 7 nitrogen and oxygen atoms in total. The number of hydrogen-bond acceptors (Lipinski definition) is 6. The monoisotopic (exact) mass is 476 g/mol. The Morgan fingerprint density at radius 1 is 0.882 bits per heavy atom. The third-order valence-corrected chi connectivity index (χ3v) is 6.66. The summed E-state index contributed by atoms with van der Waals surface area (Å²) in [6.07, 6.45) is -0.314. The van der Waals surface area contributed by atoms with Gasteiger partial charge in [0.25, 0.3) is 5.91 Å². The van der Waals surface area contributed by atoms with Crippen molar-refractivity contribution in [2.24, 2.45) is 0 Å². The van der Waals surface area contributed by atoms with E-state index in [-0.39, 0.29) is 12.0 Å². The molecule has 0 unspecified atom stereocenters. The van der Waals surface area contributed by atoms with Gasteiger partial charge in [0.05, 0.1) is 12.3 Å². The molecule has 0 saturated carbocycles. The molecular formula is C26H28N4O3S. The number of ether oxygens (including phenoxy) is 1. The second kappa shape index (κ2) is 11.2. The van der Waals surface area contributed by atoms with E-state index in [0.717, 1.165) is 27.6 Å². The van der Waals surface area contributed by atoms with Crippen LogP contribution in [0.1, 0.15) is 28.4 Å². The lowest BCUT2D eigenvalue weighted by Gasteiger charge is -2.34. The van der Waals surface area contributed by atoms with E-state index < -0.39 is 0 Å². The lowest BCUT2D eigenvalue weighted by molar-refractivity contribution is 0.0570. The van der Waals surface area contributed by atoms with Crippen molar-refractivity contribution >= 4 is 23.8 Å². The van der Waals surface area contributed by atoms with Crippen LogP contribution in [0.4, 0.5) is 4.79 Å². The summed E-state index contributed by atoms with van der Waals surface area (Å²) in [6, 6.07) is 19.9. The highest BCUT2D eigenvalue weighted by atomic mass is 32.2. The average molecular weight is 477 g/mol. The third-order valence-electron chi connectivity index (χ3n) is 5.67. The molecule has 3 aromatic rings. The smallest absolute Gasteiger partial charge is 0.409 e. The molecule has 0 spiro atoms. The molecule has 1 aromatic heterocycles. The van der Waals surface area contributed by atoms with Gasteiger partial charge in [-0.25, -0.2) is 4.79 Å². The molecule has 1 aliphatic rings. The molecule has 2 amide bonds. The van der Waals surface area contributed by atoms with Gasteiger partial charge >= 0.3 is 6.09 Å². The number of benzene rings is 2. The molecule has 2 aromatic carbocycles. The summed E-state index contributed by atoms with van der Waals surface area (Å²) in [5, 5.41) is 9.55. The highest BCUT2D eigenvalue weighted by Crippen LogP contribution is 2.23. The Hall–Kier alpha value is -3.39. The van der Waals surface area contributed by atoms with Crippen LogP contribution in [0, 0.1) is 6.92 Å². The van der Waals surface area contributed by atoms with Crippen molar-refractivity contribution in [2.75, 3.05) is 32.8 Å². The fourth-order valence-corrected chi connectivity index (χ4v) is 4.44. The van der Waals surface area contributed by atoms with Gasteiger partial charge in [0, 0.05) is 43.1 Å². The maximum atomic E-state index is 12.8. The number of thioether (sulfide) groups is 1. The van der Waals surface area contributed by atoms with E-state index in [1.165, 1.54) is 5.56 Å². The Kier molecular flexibility index (Phi) is 7.80. The van der Waals surface area contributed by atoms with Gasteiger partial charge < -0.3 is 14.5 Å². The van der Waals surface area contributed by atoms with E-state index >= 15 is 0 Å². The van der Waals surface area contributed by atoms with Crippen LogP contribution in [-0.2, 0) is 10.5 Å². The molecule has 1 aliphatic heterocycles. The summed E-state index contributed by atoms with van der Waals surface area (Å²) in [5.41, 5.74) is 4.89. The van der Waals surface area contributed by atoms with Gasteiger partial charge in [-0.05, 0) is 43.7 Å². The molecule has 1 fully saturated rings. The van der Waals surface area contributed by atoms with Crippen LogP contribution >= 0.6 is 11.8 Å². The van der Waals surface area contributed by atoms with Gasteiger partial charge in [0.15, 0.2) is 0 Å². The largest absolute Gasteiger partial charge is 0.450 e. The molecule has 8 heteroatoms.